The van der Waals surface area contributed by atoms with Gasteiger partial charge in [-0.25, -0.2) is 9.97 Å². The molecule has 1 saturated heterocycles. The zero-order valence-electron chi connectivity index (χ0n) is 18.1. The quantitative estimate of drug-likeness (QED) is 0.601. The highest BCUT2D eigenvalue weighted by Gasteiger charge is 2.26. The van der Waals surface area contributed by atoms with Gasteiger partial charge in [0, 0.05) is 23.7 Å². The second-order valence-corrected chi connectivity index (χ2v) is 8.06. The van der Waals surface area contributed by atoms with Crippen LogP contribution in [-0.4, -0.2) is 50.8 Å². The standard InChI is InChI=1S/C23H27N7O/c1-15(2)30-8-4-5-18(30)9-16-6-7-19(21(10-16)31-3)20-11-22(29-28-20)27-23-14-25-17(12-24)13-26-23/h6-7,10-11,13-15,18H,4-5,8-9H2,1-3H3,(H2,26,27,28,29)/t18-/m1/s1. The van der Waals surface area contributed by atoms with E-state index in [1.807, 2.05) is 12.1 Å². The SMILES string of the molecule is COc1cc(C[C@H]2CCCN2C(C)C)ccc1-c1cc(Nc2cnc(C#N)cn2)n[nH]1. The highest BCUT2D eigenvalue weighted by molar-refractivity contribution is 5.71. The molecule has 0 unspecified atom stereocenters. The Bertz CT molecular complexity index is 1070. The van der Waals surface area contributed by atoms with Crippen molar-refractivity contribution in [3.8, 4) is 23.1 Å². The van der Waals surface area contributed by atoms with Crippen LogP contribution in [0.25, 0.3) is 11.3 Å². The molecule has 1 atom stereocenters. The average Bonchev–Trinajstić information content (AvgIpc) is 3.44. The van der Waals surface area contributed by atoms with Crippen LogP contribution in [0.5, 0.6) is 5.75 Å². The minimum absolute atomic E-state index is 0.271. The van der Waals surface area contributed by atoms with Gasteiger partial charge in [-0.1, -0.05) is 6.07 Å². The predicted molar refractivity (Wildman–Crippen MR) is 119 cm³/mol. The lowest BCUT2D eigenvalue weighted by atomic mass is 10.00. The van der Waals surface area contributed by atoms with E-state index in [4.69, 9.17) is 10.00 Å². The number of likely N-dealkylation sites (tertiary alicyclic amines) is 1. The lowest BCUT2D eigenvalue weighted by Crippen LogP contribution is -2.36. The van der Waals surface area contributed by atoms with Gasteiger partial charge in [0.25, 0.3) is 0 Å². The Morgan fingerprint density at radius 2 is 2.13 bits per heavy atom. The fourth-order valence-electron chi connectivity index (χ4n) is 4.22. The number of methoxy groups -OCH3 is 1. The maximum Gasteiger partial charge on any atom is 0.158 e. The molecule has 1 aromatic carbocycles. The molecule has 4 rings (SSSR count). The van der Waals surface area contributed by atoms with Crippen LogP contribution in [0.4, 0.5) is 11.6 Å². The largest absolute Gasteiger partial charge is 0.496 e. The Labute approximate surface area is 182 Å². The number of anilines is 2. The first kappa shape index (κ1) is 20.8. The van der Waals surface area contributed by atoms with E-state index in [9.17, 15) is 0 Å². The Hall–Kier alpha value is -3.44. The molecule has 2 aromatic heterocycles. The normalized spacial score (nSPS) is 16.4. The molecule has 0 radical (unpaired) electrons. The number of H-pyrrole nitrogens is 1. The summed E-state index contributed by atoms with van der Waals surface area (Å²) in [6.45, 7) is 5.73. The van der Waals surface area contributed by atoms with Gasteiger partial charge in [-0.05, 0) is 57.4 Å². The van der Waals surface area contributed by atoms with Crippen LogP contribution in [-0.2, 0) is 6.42 Å². The highest BCUT2D eigenvalue weighted by Crippen LogP contribution is 2.32. The Balaban J connectivity index is 1.50. The van der Waals surface area contributed by atoms with Crippen molar-refractivity contribution in [2.24, 2.45) is 0 Å². The summed E-state index contributed by atoms with van der Waals surface area (Å²) in [6, 6.07) is 11.4. The second-order valence-electron chi connectivity index (χ2n) is 8.06. The fraction of sp³-hybridized carbons (Fsp3) is 0.391. The number of aromatic amines is 1. The molecule has 0 spiro atoms. The molecule has 0 aliphatic carbocycles. The smallest absolute Gasteiger partial charge is 0.158 e. The second kappa shape index (κ2) is 9.14. The molecule has 1 fully saturated rings. The number of nitriles is 1. The number of ether oxygens (including phenoxy) is 1. The lowest BCUT2D eigenvalue weighted by Gasteiger charge is -2.28. The molecule has 31 heavy (non-hydrogen) atoms. The molecule has 160 valence electrons. The zero-order chi connectivity index (χ0) is 21.8. The van der Waals surface area contributed by atoms with Crippen molar-refractivity contribution >= 4 is 11.6 Å². The van der Waals surface area contributed by atoms with Crippen LogP contribution in [0, 0.1) is 11.3 Å². The predicted octanol–water partition coefficient (Wildman–Crippen LogP) is 3.91. The van der Waals surface area contributed by atoms with E-state index in [0.717, 1.165) is 23.4 Å². The van der Waals surface area contributed by atoms with Gasteiger partial charge in [0.2, 0.25) is 0 Å². The van der Waals surface area contributed by atoms with Crippen molar-refractivity contribution in [2.45, 2.75) is 45.2 Å². The van der Waals surface area contributed by atoms with Gasteiger partial charge in [0.1, 0.15) is 17.6 Å². The molecule has 8 nitrogen and oxygen atoms in total. The molecule has 0 saturated carbocycles. The van der Waals surface area contributed by atoms with Crippen LogP contribution in [0.3, 0.4) is 0 Å². The van der Waals surface area contributed by atoms with Gasteiger partial charge < -0.3 is 10.1 Å². The van der Waals surface area contributed by atoms with E-state index in [1.54, 1.807) is 7.11 Å². The first-order valence-electron chi connectivity index (χ1n) is 10.5. The molecule has 3 heterocycles. The number of hydrogen-bond acceptors (Lipinski definition) is 7. The van der Waals surface area contributed by atoms with Crippen LogP contribution in [0.1, 0.15) is 37.9 Å². The molecule has 1 aliphatic heterocycles. The molecular weight excluding hydrogens is 390 g/mol. The van der Waals surface area contributed by atoms with Crippen molar-refractivity contribution < 1.29 is 4.74 Å². The summed E-state index contributed by atoms with van der Waals surface area (Å²) in [6.07, 6.45) is 6.47. The van der Waals surface area contributed by atoms with Crippen molar-refractivity contribution in [1.82, 2.24) is 25.1 Å². The number of benzene rings is 1. The summed E-state index contributed by atoms with van der Waals surface area (Å²) in [5.41, 5.74) is 3.35. The van der Waals surface area contributed by atoms with E-state index in [1.165, 1.54) is 37.3 Å². The van der Waals surface area contributed by atoms with Gasteiger partial charge in [0.15, 0.2) is 11.5 Å². The molecule has 0 bridgehead atoms. The van der Waals surface area contributed by atoms with Crippen LogP contribution in [0.2, 0.25) is 0 Å². The molecule has 8 heteroatoms. The fourth-order valence-corrected chi connectivity index (χ4v) is 4.22. The van der Waals surface area contributed by atoms with E-state index in [2.05, 4.69) is 62.4 Å². The number of nitrogens with one attached hydrogen (secondary N) is 2. The highest BCUT2D eigenvalue weighted by atomic mass is 16.5. The number of rotatable bonds is 7. The summed E-state index contributed by atoms with van der Waals surface area (Å²) in [7, 11) is 1.69. The van der Waals surface area contributed by atoms with Crippen LogP contribution < -0.4 is 10.1 Å². The third-order valence-corrected chi connectivity index (χ3v) is 5.71. The van der Waals surface area contributed by atoms with Gasteiger partial charge in [0.05, 0.1) is 25.2 Å². The molecular formula is C23H27N7O. The monoisotopic (exact) mass is 417 g/mol. The minimum Gasteiger partial charge on any atom is -0.496 e. The van der Waals surface area contributed by atoms with Crippen molar-refractivity contribution in [3.63, 3.8) is 0 Å². The number of aromatic nitrogens is 4. The van der Waals surface area contributed by atoms with Crippen molar-refractivity contribution in [2.75, 3.05) is 19.0 Å². The van der Waals surface area contributed by atoms with Gasteiger partial charge in [-0.15, -0.1) is 0 Å². The lowest BCUT2D eigenvalue weighted by molar-refractivity contribution is 0.202. The maximum atomic E-state index is 8.83. The summed E-state index contributed by atoms with van der Waals surface area (Å²) in [5, 5.41) is 19.3. The van der Waals surface area contributed by atoms with E-state index < -0.39 is 0 Å². The maximum absolute atomic E-state index is 8.83. The molecule has 2 N–H and O–H groups in total. The minimum atomic E-state index is 0.271. The Morgan fingerprint density at radius 3 is 2.84 bits per heavy atom. The third kappa shape index (κ3) is 4.67. The first-order chi connectivity index (χ1) is 15.1. The zero-order valence-corrected chi connectivity index (χ0v) is 18.1. The average molecular weight is 418 g/mol. The van der Waals surface area contributed by atoms with Gasteiger partial charge in [-0.2, -0.15) is 10.4 Å². The number of hydrogen-bond donors (Lipinski definition) is 2. The first-order valence-corrected chi connectivity index (χ1v) is 10.5. The van der Waals surface area contributed by atoms with E-state index in [-0.39, 0.29) is 5.69 Å². The molecule has 3 aromatic rings. The number of nitrogens with zero attached hydrogens (tertiary/aromatic N) is 5. The van der Waals surface area contributed by atoms with Crippen LogP contribution >= 0.6 is 0 Å². The molecule has 1 aliphatic rings. The summed E-state index contributed by atoms with van der Waals surface area (Å²) >= 11 is 0. The van der Waals surface area contributed by atoms with Crippen molar-refractivity contribution in [3.05, 3.63) is 47.9 Å². The van der Waals surface area contributed by atoms with E-state index >= 15 is 0 Å². The summed E-state index contributed by atoms with van der Waals surface area (Å²) < 4.78 is 5.70. The summed E-state index contributed by atoms with van der Waals surface area (Å²) in [4.78, 5) is 10.8. The topological polar surface area (TPSA) is 103 Å². The summed E-state index contributed by atoms with van der Waals surface area (Å²) in [5.74, 6) is 1.95. The Kier molecular flexibility index (Phi) is 6.14. The van der Waals surface area contributed by atoms with E-state index in [0.29, 0.717) is 23.7 Å². The van der Waals surface area contributed by atoms with Gasteiger partial charge in [-0.3, -0.25) is 10.00 Å². The third-order valence-electron chi connectivity index (χ3n) is 5.71. The van der Waals surface area contributed by atoms with Gasteiger partial charge >= 0.3 is 0 Å². The Morgan fingerprint density at radius 1 is 1.26 bits per heavy atom. The van der Waals surface area contributed by atoms with Crippen molar-refractivity contribution in [1.29, 1.82) is 5.26 Å². The van der Waals surface area contributed by atoms with Crippen LogP contribution in [0.15, 0.2) is 36.7 Å². The molecule has 0 amide bonds.